The van der Waals surface area contributed by atoms with Gasteiger partial charge in [-0.15, -0.1) is 11.6 Å². The summed E-state index contributed by atoms with van der Waals surface area (Å²) in [5.74, 6) is 2.08. The summed E-state index contributed by atoms with van der Waals surface area (Å²) in [6, 6.07) is 9.77. The van der Waals surface area contributed by atoms with Gasteiger partial charge in [0.1, 0.15) is 17.9 Å². The normalized spacial score (nSPS) is 10.4. The van der Waals surface area contributed by atoms with Crippen molar-refractivity contribution in [2.24, 2.45) is 0 Å². The smallest absolute Gasteiger partial charge is 0.141 e. The second-order valence-electron chi connectivity index (χ2n) is 3.55. The number of rotatable bonds is 6. The number of alkyl halides is 1. The van der Waals surface area contributed by atoms with E-state index in [-0.39, 0.29) is 0 Å². The van der Waals surface area contributed by atoms with Crippen LogP contribution in [0.4, 0.5) is 0 Å². The third-order valence-corrected chi connectivity index (χ3v) is 2.58. The van der Waals surface area contributed by atoms with E-state index in [4.69, 9.17) is 16.3 Å². The van der Waals surface area contributed by atoms with E-state index in [1.165, 1.54) is 6.33 Å². The van der Waals surface area contributed by atoms with Crippen molar-refractivity contribution in [2.45, 2.75) is 18.8 Å². The Bertz CT molecular complexity index is 444. The van der Waals surface area contributed by atoms with E-state index in [9.17, 15) is 0 Å². The zero-order valence-electron chi connectivity index (χ0n) is 9.42. The zero-order chi connectivity index (χ0) is 11.9. The minimum atomic E-state index is 0.388. The van der Waals surface area contributed by atoms with E-state index >= 15 is 0 Å². The van der Waals surface area contributed by atoms with Gasteiger partial charge in [-0.05, 0) is 12.1 Å². The lowest BCUT2D eigenvalue weighted by Gasteiger charge is -2.06. The molecule has 1 aromatic heterocycles. The minimum Gasteiger partial charge on any atom is -0.494 e. The molecule has 0 radical (unpaired) electrons. The molecular formula is C12H14ClN3O. The molecule has 2 aromatic rings. The molecular weight excluding hydrogens is 238 g/mol. The lowest BCUT2D eigenvalue weighted by Crippen LogP contribution is -2.08. The highest BCUT2D eigenvalue weighted by molar-refractivity contribution is 6.16. The molecule has 5 heteroatoms. The third-order valence-electron chi connectivity index (χ3n) is 2.34. The fraction of sp³-hybridized carbons (Fsp3) is 0.333. The van der Waals surface area contributed by atoms with Gasteiger partial charge in [-0.1, -0.05) is 18.2 Å². The maximum atomic E-state index is 5.73. The van der Waals surface area contributed by atoms with Crippen molar-refractivity contribution in [3.63, 3.8) is 0 Å². The van der Waals surface area contributed by atoms with Crippen LogP contribution in [0.3, 0.4) is 0 Å². The Hall–Kier alpha value is -1.55. The van der Waals surface area contributed by atoms with Gasteiger partial charge in [-0.3, -0.25) is 0 Å². The first-order valence-corrected chi connectivity index (χ1v) is 6.04. The van der Waals surface area contributed by atoms with E-state index < -0.39 is 0 Å². The van der Waals surface area contributed by atoms with Crippen molar-refractivity contribution < 1.29 is 4.74 Å². The van der Waals surface area contributed by atoms with Gasteiger partial charge in [0.2, 0.25) is 0 Å². The fourth-order valence-corrected chi connectivity index (χ4v) is 1.71. The molecule has 0 amide bonds. The van der Waals surface area contributed by atoms with Gasteiger partial charge in [0.15, 0.2) is 0 Å². The van der Waals surface area contributed by atoms with Gasteiger partial charge in [0.05, 0.1) is 12.5 Å². The van der Waals surface area contributed by atoms with Crippen LogP contribution in [0.2, 0.25) is 0 Å². The molecule has 90 valence electrons. The molecule has 0 atom stereocenters. The van der Waals surface area contributed by atoms with Crippen molar-refractivity contribution in [1.82, 2.24) is 14.8 Å². The van der Waals surface area contributed by atoms with Crippen molar-refractivity contribution in [3.05, 3.63) is 42.5 Å². The fourth-order valence-electron chi connectivity index (χ4n) is 1.50. The van der Waals surface area contributed by atoms with Gasteiger partial charge in [-0.25, -0.2) is 9.67 Å². The van der Waals surface area contributed by atoms with E-state index in [1.807, 2.05) is 30.3 Å². The lowest BCUT2D eigenvalue weighted by molar-refractivity contribution is 0.297. The molecule has 0 unspecified atom stereocenters. The molecule has 17 heavy (non-hydrogen) atoms. The number of nitrogens with zero attached hydrogens (tertiary/aromatic N) is 3. The van der Waals surface area contributed by atoms with E-state index in [0.29, 0.717) is 12.5 Å². The van der Waals surface area contributed by atoms with Gasteiger partial charge in [0, 0.05) is 13.0 Å². The number of hydrogen-bond donors (Lipinski definition) is 0. The molecule has 1 heterocycles. The van der Waals surface area contributed by atoms with Crippen LogP contribution < -0.4 is 4.74 Å². The summed E-state index contributed by atoms with van der Waals surface area (Å²) in [6.45, 7) is 1.43. The topological polar surface area (TPSA) is 39.9 Å². The first-order chi connectivity index (χ1) is 8.40. The highest BCUT2D eigenvalue weighted by Gasteiger charge is 2.01. The van der Waals surface area contributed by atoms with Crippen LogP contribution >= 0.6 is 11.6 Å². The second-order valence-corrected chi connectivity index (χ2v) is 3.82. The summed E-state index contributed by atoms with van der Waals surface area (Å²) >= 11 is 5.73. The highest BCUT2D eigenvalue weighted by Crippen LogP contribution is 2.08. The van der Waals surface area contributed by atoms with Crippen molar-refractivity contribution >= 4 is 11.6 Å². The number of benzene rings is 1. The van der Waals surface area contributed by atoms with Crippen LogP contribution in [0.25, 0.3) is 0 Å². The molecule has 0 N–H and O–H groups in total. The molecule has 0 saturated heterocycles. The van der Waals surface area contributed by atoms with Crippen molar-refractivity contribution in [2.75, 3.05) is 6.61 Å². The largest absolute Gasteiger partial charge is 0.494 e. The number of aromatic nitrogens is 3. The van der Waals surface area contributed by atoms with E-state index in [2.05, 4.69) is 10.1 Å². The SMILES string of the molecule is ClCc1ncnn1CCCOc1ccccc1. The minimum absolute atomic E-state index is 0.388. The Morgan fingerprint density at radius 3 is 2.82 bits per heavy atom. The number of hydrogen-bond acceptors (Lipinski definition) is 3. The van der Waals surface area contributed by atoms with Gasteiger partial charge in [-0.2, -0.15) is 5.10 Å². The zero-order valence-corrected chi connectivity index (χ0v) is 10.2. The number of para-hydroxylation sites is 1. The summed E-state index contributed by atoms with van der Waals surface area (Å²) in [5.41, 5.74) is 0. The molecule has 0 aliphatic heterocycles. The van der Waals surface area contributed by atoms with Crippen LogP contribution in [0, 0.1) is 0 Å². The maximum Gasteiger partial charge on any atom is 0.141 e. The summed E-state index contributed by atoms with van der Waals surface area (Å²) in [6.07, 6.45) is 2.40. The summed E-state index contributed by atoms with van der Waals surface area (Å²) < 4.78 is 7.39. The third kappa shape index (κ3) is 3.46. The summed E-state index contributed by atoms with van der Waals surface area (Å²) in [5, 5.41) is 4.10. The number of aryl methyl sites for hydroxylation is 1. The van der Waals surface area contributed by atoms with E-state index in [0.717, 1.165) is 24.5 Å². The molecule has 1 aromatic carbocycles. The predicted octanol–water partition coefficient (Wildman–Crippen LogP) is 2.49. The van der Waals surface area contributed by atoms with Gasteiger partial charge < -0.3 is 4.74 Å². The Labute approximate surface area is 105 Å². The molecule has 0 saturated carbocycles. The molecule has 2 rings (SSSR count). The number of halogens is 1. The first-order valence-electron chi connectivity index (χ1n) is 5.50. The van der Waals surface area contributed by atoms with Crippen LogP contribution in [0.1, 0.15) is 12.2 Å². The summed E-state index contributed by atoms with van der Waals surface area (Å²) in [4.78, 5) is 4.05. The highest BCUT2D eigenvalue weighted by atomic mass is 35.5. The quantitative estimate of drug-likeness (QED) is 0.585. The predicted molar refractivity (Wildman–Crippen MR) is 66.1 cm³/mol. The molecule has 0 bridgehead atoms. The van der Waals surface area contributed by atoms with Crippen LogP contribution in [0.5, 0.6) is 5.75 Å². The van der Waals surface area contributed by atoms with Crippen molar-refractivity contribution in [1.29, 1.82) is 0 Å². The first kappa shape index (κ1) is 11.9. The van der Waals surface area contributed by atoms with Crippen LogP contribution in [-0.4, -0.2) is 21.4 Å². The molecule has 0 aliphatic carbocycles. The summed E-state index contributed by atoms with van der Waals surface area (Å²) in [7, 11) is 0. The molecule has 4 nitrogen and oxygen atoms in total. The Balaban J connectivity index is 1.73. The Morgan fingerprint density at radius 2 is 2.06 bits per heavy atom. The Morgan fingerprint density at radius 1 is 1.24 bits per heavy atom. The average molecular weight is 252 g/mol. The van der Waals surface area contributed by atoms with Gasteiger partial charge in [0.25, 0.3) is 0 Å². The van der Waals surface area contributed by atoms with Gasteiger partial charge >= 0.3 is 0 Å². The molecule has 0 spiro atoms. The van der Waals surface area contributed by atoms with Crippen LogP contribution in [0.15, 0.2) is 36.7 Å². The number of ether oxygens (including phenoxy) is 1. The van der Waals surface area contributed by atoms with E-state index in [1.54, 1.807) is 4.68 Å². The standard InChI is InChI=1S/C12H14ClN3O/c13-9-12-14-10-15-16(12)7-4-8-17-11-5-2-1-3-6-11/h1-3,5-6,10H,4,7-9H2. The average Bonchev–Trinajstić information content (AvgIpc) is 2.83. The second kappa shape index (κ2) is 6.25. The molecule has 0 fully saturated rings. The lowest BCUT2D eigenvalue weighted by atomic mass is 10.3. The monoisotopic (exact) mass is 251 g/mol. The molecule has 0 aliphatic rings. The van der Waals surface area contributed by atoms with Crippen LogP contribution in [-0.2, 0) is 12.4 Å². The van der Waals surface area contributed by atoms with Crippen molar-refractivity contribution in [3.8, 4) is 5.75 Å². The Kier molecular flexibility index (Phi) is 4.38. The maximum absolute atomic E-state index is 5.73.